The molecule has 2 aromatic rings. The van der Waals surface area contributed by atoms with Crippen molar-refractivity contribution in [1.82, 2.24) is 0 Å². The van der Waals surface area contributed by atoms with Gasteiger partial charge >= 0.3 is 0 Å². The fourth-order valence-electron chi connectivity index (χ4n) is 2.73. The molecule has 0 aliphatic carbocycles. The lowest BCUT2D eigenvalue weighted by Gasteiger charge is -2.23. The molecule has 0 aromatic heterocycles. The largest absolute Gasteiger partial charge is 0.494 e. The Kier molecular flexibility index (Phi) is 6.84. The van der Waals surface area contributed by atoms with Gasteiger partial charge in [0.15, 0.2) is 0 Å². The third-order valence-corrected chi connectivity index (χ3v) is 5.22. The molecule has 0 saturated carbocycles. The van der Waals surface area contributed by atoms with Crippen molar-refractivity contribution in [2.75, 3.05) is 11.9 Å². The molecular weight excluding hydrogens is 322 g/mol. The maximum absolute atomic E-state index is 12.1. The quantitative estimate of drug-likeness (QED) is 0.610. The summed E-state index contributed by atoms with van der Waals surface area (Å²) in [5.41, 5.74) is 4.70. The van der Waals surface area contributed by atoms with E-state index in [1.54, 1.807) is 0 Å². The van der Waals surface area contributed by atoms with Crippen molar-refractivity contribution in [3.8, 4) is 5.75 Å². The van der Waals surface area contributed by atoms with Gasteiger partial charge in [-0.3, -0.25) is 4.79 Å². The van der Waals surface area contributed by atoms with E-state index in [2.05, 4.69) is 38.2 Å². The monoisotopic (exact) mass is 353 g/mol. The summed E-state index contributed by atoms with van der Waals surface area (Å²) in [5, 5.41) is 2.99. The van der Waals surface area contributed by atoms with Gasteiger partial charge in [0.1, 0.15) is 5.75 Å². The van der Waals surface area contributed by atoms with Crippen LogP contribution in [0.15, 0.2) is 42.5 Å². The standard InChI is InChI=1S/C23H31NO2/c1-6-23(4,5)19-12-14-20(15-13-19)26-16-8-11-22(25)24-21-10-7-9-17(2)18(21)3/h7,9-10,12-15H,6,8,11,16H2,1-5H3,(H,24,25). The number of carbonyl (C=O) groups is 1. The lowest BCUT2D eigenvalue weighted by Crippen LogP contribution is -2.15. The van der Waals surface area contributed by atoms with Gasteiger partial charge in [-0.15, -0.1) is 0 Å². The average molecular weight is 354 g/mol. The number of aryl methyl sites for hydroxylation is 1. The second kappa shape index (κ2) is 8.88. The fourth-order valence-corrected chi connectivity index (χ4v) is 2.73. The molecule has 140 valence electrons. The highest BCUT2D eigenvalue weighted by Gasteiger charge is 2.17. The van der Waals surface area contributed by atoms with E-state index in [-0.39, 0.29) is 11.3 Å². The SMILES string of the molecule is CCC(C)(C)c1ccc(OCCCC(=O)Nc2cccc(C)c2C)cc1. The maximum Gasteiger partial charge on any atom is 0.224 e. The third-order valence-electron chi connectivity index (χ3n) is 5.22. The molecule has 1 N–H and O–H groups in total. The van der Waals surface area contributed by atoms with Crippen LogP contribution in [-0.2, 0) is 10.2 Å². The zero-order chi connectivity index (χ0) is 19.2. The Bertz CT molecular complexity index is 732. The summed E-state index contributed by atoms with van der Waals surface area (Å²) in [6.07, 6.45) is 2.25. The zero-order valence-electron chi connectivity index (χ0n) is 16.7. The maximum atomic E-state index is 12.1. The lowest BCUT2D eigenvalue weighted by molar-refractivity contribution is -0.116. The van der Waals surface area contributed by atoms with Gasteiger partial charge in [0.2, 0.25) is 5.91 Å². The van der Waals surface area contributed by atoms with Crippen LogP contribution in [-0.4, -0.2) is 12.5 Å². The Morgan fingerprint density at radius 3 is 2.42 bits per heavy atom. The Balaban J connectivity index is 1.76. The first-order chi connectivity index (χ1) is 12.3. The van der Waals surface area contributed by atoms with Crippen LogP contribution in [0, 0.1) is 13.8 Å². The Morgan fingerprint density at radius 2 is 1.77 bits per heavy atom. The first-order valence-electron chi connectivity index (χ1n) is 9.43. The molecule has 0 radical (unpaired) electrons. The van der Waals surface area contributed by atoms with Gasteiger partial charge in [-0.25, -0.2) is 0 Å². The number of anilines is 1. The molecule has 0 spiro atoms. The molecule has 3 nitrogen and oxygen atoms in total. The summed E-state index contributed by atoms with van der Waals surface area (Å²) in [5.74, 6) is 0.887. The van der Waals surface area contributed by atoms with E-state index in [9.17, 15) is 4.79 Å². The van der Waals surface area contributed by atoms with E-state index < -0.39 is 0 Å². The van der Waals surface area contributed by atoms with Gasteiger partial charge in [0, 0.05) is 12.1 Å². The topological polar surface area (TPSA) is 38.3 Å². The number of carbonyl (C=O) groups excluding carboxylic acids is 1. The van der Waals surface area contributed by atoms with E-state index in [1.807, 2.05) is 44.2 Å². The predicted molar refractivity (Wildman–Crippen MR) is 109 cm³/mol. The minimum atomic E-state index is 0.0299. The van der Waals surface area contributed by atoms with Gasteiger partial charge in [0.05, 0.1) is 6.61 Å². The summed E-state index contributed by atoms with van der Waals surface area (Å²) >= 11 is 0. The van der Waals surface area contributed by atoms with E-state index in [4.69, 9.17) is 4.74 Å². The summed E-state index contributed by atoms with van der Waals surface area (Å²) < 4.78 is 5.77. The molecule has 0 fully saturated rings. The lowest BCUT2D eigenvalue weighted by atomic mass is 9.82. The van der Waals surface area contributed by atoms with Crippen LogP contribution in [0.5, 0.6) is 5.75 Å². The van der Waals surface area contributed by atoms with Gasteiger partial charge in [0.25, 0.3) is 0 Å². The molecule has 0 aliphatic heterocycles. The highest BCUT2D eigenvalue weighted by Crippen LogP contribution is 2.28. The summed E-state index contributed by atoms with van der Waals surface area (Å²) in [4.78, 5) is 12.1. The van der Waals surface area contributed by atoms with Crippen LogP contribution in [0.25, 0.3) is 0 Å². The summed E-state index contributed by atoms with van der Waals surface area (Å²) in [6, 6.07) is 14.2. The van der Waals surface area contributed by atoms with Crippen molar-refractivity contribution in [1.29, 1.82) is 0 Å². The van der Waals surface area contributed by atoms with Crippen molar-refractivity contribution >= 4 is 11.6 Å². The predicted octanol–water partition coefficient (Wildman–Crippen LogP) is 5.79. The molecule has 1 amide bonds. The van der Waals surface area contributed by atoms with Crippen molar-refractivity contribution in [2.24, 2.45) is 0 Å². The van der Waals surface area contributed by atoms with Gasteiger partial charge in [-0.05, 0) is 67.0 Å². The van der Waals surface area contributed by atoms with Gasteiger partial charge in [-0.1, -0.05) is 45.0 Å². The minimum Gasteiger partial charge on any atom is -0.494 e. The molecule has 0 atom stereocenters. The fraction of sp³-hybridized carbons (Fsp3) is 0.435. The van der Waals surface area contributed by atoms with Crippen LogP contribution in [0.4, 0.5) is 5.69 Å². The number of ether oxygens (including phenoxy) is 1. The molecule has 0 heterocycles. The Hall–Kier alpha value is -2.29. The first kappa shape index (κ1) is 20.0. The molecule has 2 rings (SSSR count). The van der Waals surface area contributed by atoms with Crippen LogP contribution < -0.4 is 10.1 Å². The van der Waals surface area contributed by atoms with Crippen molar-refractivity contribution < 1.29 is 9.53 Å². The van der Waals surface area contributed by atoms with Crippen LogP contribution in [0.3, 0.4) is 0 Å². The highest BCUT2D eigenvalue weighted by atomic mass is 16.5. The second-order valence-corrected chi connectivity index (χ2v) is 7.51. The van der Waals surface area contributed by atoms with Crippen LogP contribution in [0.1, 0.15) is 56.7 Å². The number of amides is 1. The van der Waals surface area contributed by atoms with Gasteiger partial charge in [-0.2, -0.15) is 0 Å². The Morgan fingerprint density at radius 1 is 1.08 bits per heavy atom. The molecule has 0 saturated heterocycles. The number of benzene rings is 2. The molecule has 26 heavy (non-hydrogen) atoms. The molecule has 0 aliphatic rings. The number of hydrogen-bond donors (Lipinski definition) is 1. The van der Waals surface area contributed by atoms with E-state index in [0.717, 1.165) is 23.4 Å². The summed E-state index contributed by atoms with van der Waals surface area (Å²) in [7, 11) is 0. The molecule has 0 unspecified atom stereocenters. The van der Waals surface area contributed by atoms with E-state index in [1.165, 1.54) is 11.1 Å². The number of nitrogens with one attached hydrogen (secondary N) is 1. The second-order valence-electron chi connectivity index (χ2n) is 7.51. The minimum absolute atomic E-state index is 0.0299. The van der Waals surface area contributed by atoms with E-state index >= 15 is 0 Å². The number of rotatable bonds is 8. The normalized spacial score (nSPS) is 11.3. The Labute approximate surface area is 157 Å². The molecule has 3 heteroatoms. The van der Waals surface area contributed by atoms with Crippen molar-refractivity contribution in [2.45, 2.75) is 59.3 Å². The zero-order valence-corrected chi connectivity index (χ0v) is 16.7. The highest BCUT2D eigenvalue weighted by molar-refractivity contribution is 5.91. The van der Waals surface area contributed by atoms with Crippen molar-refractivity contribution in [3.63, 3.8) is 0 Å². The smallest absolute Gasteiger partial charge is 0.224 e. The van der Waals surface area contributed by atoms with Crippen molar-refractivity contribution in [3.05, 3.63) is 59.2 Å². The third kappa shape index (κ3) is 5.35. The molecular formula is C23H31NO2. The number of hydrogen-bond acceptors (Lipinski definition) is 2. The molecule has 2 aromatic carbocycles. The first-order valence-corrected chi connectivity index (χ1v) is 9.43. The molecule has 0 bridgehead atoms. The summed E-state index contributed by atoms with van der Waals surface area (Å²) in [6.45, 7) is 11.3. The van der Waals surface area contributed by atoms with Crippen LogP contribution in [0.2, 0.25) is 0 Å². The van der Waals surface area contributed by atoms with Crippen LogP contribution >= 0.6 is 0 Å². The van der Waals surface area contributed by atoms with E-state index in [0.29, 0.717) is 19.4 Å². The van der Waals surface area contributed by atoms with Gasteiger partial charge < -0.3 is 10.1 Å². The average Bonchev–Trinajstić information content (AvgIpc) is 2.63.